The zero-order valence-electron chi connectivity index (χ0n) is 19.6. The van der Waals surface area contributed by atoms with Crippen LogP contribution < -0.4 is 19.1 Å². The number of benzene rings is 2. The molecule has 2 aromatic carbocycles. The van der Waals surface area contributed by atoms with E-state index in [2.05, 4.69) is 9.97 Å². The summed E-state index contributed by atoms with van der Waals surface area (Å²) in [7, 11) is 3.14. The van der Waals surface area contributed by atoms with Crippen molar-refractivity contribution in [2.24, 2.45) is 0 Å². The van der Waals surface area contributed by atoms with E-state index in [0.29, 0.717) is 40.6 Å². The molecular formula is C26H25N3O6. The van der Waals surface area contributed by atoms with E-state index < -0.39 is 12.0 Å². The van der Waals surface area contributed by atoms with Gasteiger partial charge >= 0.3 is 5.97 Å². The van der Waals surface area contributed by atoms with Crippen molar-refractivity contribution in [3.8, 4) is 17.2 Å². The second-order valence-electron chi connectivity index (χ2n) is 8.37. The first-order valence-corrected chi connectivity index (χ1v) is 11.1. The van der Waals surface area contributed by atoms with Crippen LogP contribution in [0.3, 0.4) is 0 Å². The molecule has 2 aromatic heterocycles. The number of pyridine rings is 1. The SMILES string of the molecule is COc1ccc(COc2c(OC)ccc3c2C[C@@H](C(=O)O)N(c2nc4ccc(C)cc4o2)C3)nc1. The molecule has 1 atom stereocenters. The predicted molar refractivity (Wildman–Crippen MR) is 128 cm³/mol. The van der Waals surface area contributed by atoms with Crippen LogP contribution in [0, 0.1) is 6.92 Å². The Morgan fingerprint density at radius 2 is 2.03 bits per heavy atom. The Morgan fingerprint density at radius 3 is 2.74 bits per heavy atom. The summed E-state index contributed by atoms with van der Waals surface area (Å²) in [6.45, 7) is 2.47. The van der Waals surface area contributed by atoms with Gasteiger partial charge in [-0.25, -0.2) is 4.79 Å². The molecular weight excluding hydrogens is 450 g/mol. The van der Waals surface area contributed by atoms with Crippen LogP contribution in [-0.4, -0.2) is 41.3 Å². The Kier molecular flexibility index (Phi) is 5.90. The van der Waals surface area contributed by atoms with Crippen LogP contribution in [0.25, 0.3) is 11.1 Å². The Morgan fingerprint density at radius 1 is 1.17 bits per heavy atom. The van der Waals surface area contributed by atoms with Crippen molar-refractivity contribution in [3.63, 3.8) is 0 Å². The average Bonchev–Trinajstić information content (AvgIpc) is 3.29. The molecule has 1 N–H and O–H groups in total. The van der Waals surface area contributed by atoms with Gasteiger partial charge in [-0.15, -0.1) is 0 Å². The Hall–Kier alpha value is -4.27. The van der Waals surface area contributed by atoms with E-state index >= 15 is 0 Å². The highest BCUT2D eigenvalue weighted by molar-refractivity contribution is 5.81. The third kappa shape index (κ3) is 4.32. The van der Waals surface area contributed by atoms with Crippen LogP contribution in [0.4, 0.5) is 6.01 Å². The number of anilines is 1. The van der Waals surface area contributed by atoms with Gasteiger partial charge in [-0.2, -0.15) is 4.98 Å². The van der Waals surface area contributed by atoms with Gasteiger partial charge in [-0.05, 0) is 48.4 Å². The molecule has 1 aliphatic heterocycles. The highest BCUT2D eigenvalue weighted by Crippen LogP contribution is 2.40. The third-order valence-corrected chi connectivity index (χ3v) is 6.12. The maximum Gasteiger partial charge on any atom is 0.326 e. The number of rotatable bonds is 7. The van der Waals surface area contributed by atoms with Crippen molar-refractivity contribution in [2.75, 3.05) is 19.1 Å². The number of nitrogens with zero attached hydrogens (tertiary/aromatic N) is 3. The first-order valence-electron chi connectivity index (χ1n) is 11.1. The van der Waals surface area contributed by atoms with Crippen molar-refractivity contribution in [1.82, 2.24) is 9.97 Å². The van der Waals surface area contributed by atoms with Gasteiger partial charge in [0, 0.05) is 18.5 Å². The minimum atomic E-state index is -0.973. The molecule has 35 heavy (non-hydrogen) atoms. The van der Waals surface area contributed by atoms with Crippen molar-refractivity contribution >= 4 is 23.1 Å². The molecule has 0 saturated heterocycles. The molecule has 0 aliphatic carbocycles. The van der Waals surface area contributed by atoms with Gasteiger partial charge in [0.15, 0.2) is 17.1 Å². The molecule has 0 amide bonds. The lowest BCUT2D eigenvalue weighted by atomic mass is 9.93. The Balaban J connectivity index is 1.48. The summed E-state index contributed by atoms with van der Waals surface area (Å²) < 4.78 is 22.8. The van der Waals surface area contributed by atoms with Gasteiger partial charge in [-0.3, -0.25) is 4.98 Å². The van der Waals surface area contributed by atoms with Gasteiger partial charge in [0.2, 0.25) is 0 Å². The number of aryl methyl sites for hydroxylation is 1. The predicted octanol–water partition coefficient (Wildman–Crippen LogP) is 4.14. The molecule has 5 rings (SSSR count). The summed E-state index contributed by atoms with van der Waals surface area (Å²) in [6, 6.07) is 12.5. The number of aliphatic carboxylic acids is 1. The second-order valence-corrected chi connectivity index (χ2v) is 8.37. The Labute approximate surface area is 201 Å². The van der Waals surface area contributed by atoms with Gasteiger partial charge in [0.05, 0.1) is 26.1 Å². The zero-order valence-corrected chi connectivity index (χ0v) is 19.6. The molecule has 3 heterocycles. The molecule has 180 valence electrons. The zero-order chi connectivity index (χ0) is 24.5. The van der Waals surface area contributed by atoms with Crippen LogP contribution in [0.5, 0.6) is 17.2 Å². The molecule has 0 spiro atoms. The summed E-state index contributed by atoms with van der Waals surface area (Å²) in [5.74, 6) is 0.732. The standard InChI is InChI=1S/C26H25N3O6/c1-15-4-8-20-23(10-15)35-26(28-20)29-13-16-5-9-22(33-3)24(19(16)11-21(29)25(30)31)34-14-17-6-7-18(32-2)12-27-17/h4-10,12,21H,11,13-14H2,1-3H3,(H,30,31)/t21-/m0/s1. The van der Waals surface area contributed by atoms with Crippen LogP contribution in [-0.2, 0) is 24.4 Å². The van der Waals surface area contributed by atoms with Crippen LogP contribution in [0.2, 0.25) is 0 Å². The van der Waals surface area contributed by atoms with Gasteiger partial charge in [-0.1, -0.05) is 12.1 Å². The lowest BCUT2D eigenvalue weighted by Gasteiger charge is -2.34. The fraction of sp³-hybridized carbons (Fsp3) is 0.269. The monoisotopic (exact) mass is 475 g/mol. The van der Waals surface area contributed by atoms with Crippen LogP contribution in [0.15, 0.2) is 53.1 Å². The van der Waals surface area contributed by atoms with E-state index in [-0.39, 0.29) is 19.0 Å². The number of hydrogen-bond donors (Lipinski definition) is 1. The minimum absolute atomic E-state index is 0.197. The maximum absolute atomic E-state index is 12.3. The summed E-state index contributed by atoms with van der Waals surface area (Å²) in [6.07, 6.45) is 1.82. The fourth-order valence-electron chi connectivity index (χ4n) is 4.26. The average molecular weight is 476 g/mol. The van der Waals surface area contributed by atoms with Gasteiger partial charge in [0.1, 0.15) is 23.9 Å². The highest BCUT2D eigenvalue weighted by atomic mass is 16.5. The van der Waals surface area contributed by atoms with E-state index in [1.54, 1.807) is 25.3 Å². The van der Waals surface area contributed by atoms with E-state index in [0.717, 1.165) is 16.7 Å². The molecule has 1 aliphatic rings. The lowest BCUT2D eigenvalue weighted by Crippen LogP contribution is -2.46. The molecule has 0 saturated carbocycles. The summed E-state index contributed by atoms with van der Waals surface area (Å²) in [5.41, 5.74) is 4.76. The summed E-state index contributed by atoms with van der Waals surface area (Å²) in [5, 5.41) is 10.1. The van der Waals surface area contributed by atoms with E-state index in [1.807, 2.05) is 49.4 Å². The van der Waals surface area contributed by atoms with E-state index in [9.17, 15) is 9.90 Å². The molecule has 9 nitrogen and oxygen atoms in total. The number of carbonyl (C=O) groups is 1. The van der Waals surface area contributed by atoms with Crippen molar-refractivity contribution < 1.29 is 28.5 Å². The molecule has 9 heteroatoms. The number of carboxylic acid groups (broad SMARTS) is 1. The van der Waals surface area contributed by atoms with Gasteiger partial charge in [0.25, 0.3) is 6.01 Å². The molecule has 0 radical (unpaired) electrons. The molecule has 0 unspecified atom stereocenters. The van der Waals surface area contributed by atoms with Crippen molar-refractivity contribution in [2.45, 2.75) is 32.5 Å². The number of methoxy groups -OCH3 is 2. The Bertz CT molecular complexity index is 1380. The molecule has 4 aromatic rings. The fourth-order valence-corrected chi connectivity index (χ4v) is 4.26. The topological polar surface area (TPSA) is 107 Å². The number of oxazole rings is 1. The number of hydrogen-bond acceptors (Lipinski definition) is 8. The summed E-state index contributed by atoms with van der Waals surface area (Å²) in [4.78, 5) is 22.9. The van der Waals surface area contributed by atoms with E-state index in [4.69, 9.17) is 18.6 Å². The first-order chi connectivity index (χ1) is 17.0. The quantitative estimate of drug-likeness (QED) is 0.422. The normalized spacial score (nSPS) is 15.1. The van der Waals surface area contributed by atoms with Gasteiger partial charge < -0.3 is 28.6 Å². The first kappa shape index (κ1) is 22.5. The van der Waals surface area contributed by atoms with Crippen LogP contribution >= 0.6 is 0 Å². The number of ether oxygens (including phenoxy) is 3. The molecule has 0 bridgehead atoms. The smallest absolute Gasteiger partial charge is 0.326 e. The lowest BCUT2D eigenvalue weighted by molar-refractivity contribution is -0.138. The number of aromatic nitrogens is 2. The number of fused-ring (bicyclic) bond motifs is 2. The maximum atomic E-state index is 12.3. The molecule has 0 fully saturated rings. The van der Waals surface area contributed by atoms with E-state index in [1.165, 1.54) is 0 Å². The third-order valence-electron chi connectivity index (χ3n) is 6.12. The van der Waals surface area contributed by atoms with Crippen molar-refractivity contribution in [3.05, 3.63) is 71.0 Å². The summed E-state index contributed by atoms with van der Waals surface area (Å²) >= 11 is 0. The van der Waals surface area contributed by atoms with Crippen LogP contribution in [0.1, 0.15) is 22.4 Å². The number of carboxylic acids is 1. The van der Waals surface area contributed by atoms with Crippen molar-refractivity contribution in [1.29, 1.82) is 0 Å². The second kappa shape index (κ2) is 9.17. The largest absolute Gasteiger partial charge is 0.495 e. The minimum Gasteiger partial charge on any atom is -0.495 e. The highest BCUT2D eigenvalue weighted by Gasteiger charge is 2.36.